The second-order valence-electron chi connectivity index (χ2n) is 7.73. The van der Waals surface area contributed by atoms with Gasteiger partial charge in [0.05, 0.1) is 0 Å². The Hall–Kier alpha value is -3.84. The van der Waals surface area contributed by atoms with Crippen LogP contribution >= 0.6 is 0 Å². The van der Waals surface area contributed by atoms with Gasteiger partial charge in [-0.2, -0.15) is 0 Å². The van der Waals surface area contributed by atoms with Crippen molar-refractivity contribution in [2.45, 2.75) is 0 Å². The van der Waals surface area contributed by atoms with E-state index in [9.17, 15) is 0 Å². The van der Waals surface area contributed by atoms with E-state index in [2.05, 4.69) is 103 Å². The molecule has 0 aliphatic rings. The van der Waals surface area contributed by atoms with Crippen LogP contribution in [0.15, 0.2) is 127 Å². The van der Waals surface area contributed by atoms with Crippen LogP contribution in [0.5, 0.6) is 0 Å². The summed E-state index contributed by atoms with van der Waals surface area (Å²) < 4.78 is 0. The van der Waals surface area contributed by atoms with Crippen molar-refractivity contribution in [1.82, 2.24) is 0 Å². The van der Waals surface area contributed by atoms with Crippen molar-refractivity contribution in [2.75, 3.05) is 0 Å². The number of rotatable bonds is 4. The maximum absolute atomic E-state index is 6.07. The van der Waals surface area contributed by atoms with E-state index in [4.69, 9.17) is 7.85 Å². The Labute approximate surface area is 185 Å². The summed E-state index contributed by atoms with van der Waals surface area (Å²) in [6, 6.07) is 44.6. The van der Waals surface area contributed by atoms with Crippen LogP contribution in [0.2, 0.25) is 0 Å². The molecule has 5 rings (SSSR count). The number of hydrogen-bond donors (Lipinski definition) is 0. The zero-order valence-corrected chi connectivity index (χ0v) is 17.2. The Kier molecular flexibility index (Phi) is 5.25. The van der Waals surface area contributed by atoms with Crippen LogP contribution in [0.4, 0.5) is 0 Å². The molecule has 144 valence electrons. The largest absolute Gasteiger partial charge is 0.113 e. The van der Waals surface area contributed by atoms with E-state index >= 15 is 0 Å². The summed E-state index contributed by atoms with van der Waals surface area (Å²) in [4.78, 5) is 0. The lowest BCUT2D eigenvalue weighted by Crippen LogP contribution is -2.00. The molecule has 5 aromatic carbocycles. The normalized spacial score (nSPS) is 10.7. The molecule has 0 saturated carbocycles. The monoisotopic (exact) mass is 392 g/mol. The van der Waals surface area contributed by atoms with Gasteiger partial charge < -0.3 is 0 Å². The van der Waals surface area contributed by atoms with E-state index in [0.29, 0.717) is 0 Å². The molecule has 0 aromatic heterocycles. The summed E-state index contributed by atoms with van der Waals surface area (Å²) in [7, 11) is 6.07. The molecule has 0 saturated heterocycles. The van der Waals surface area contributed by atoms with Crippen LogP contribution in [-0.2, 0) is 0 Å². The lowest BCUT2D eigenvalue weighted by molar-refractivity contribution is 1.56. The highest BCUT2D eigenvalue weighted by Crippen LogP contribution is 2.33. The standard InChI is InChI=1S/C30H21B/c31-30-13-7-12-26(21-30)29-19-27(23-10-5-2-6-11-23)18-28(20-29)25-16-14-24(15-17-25)22-8-3-1-4-9-22/h1-21H. The van der Waals surface area contributed by atoms with Gasteiger partial charge >= 0.3 is 0 Å². The van der Waals surface area contributed by atoms with Gasteiger partial charge in [0.1, 0.15) is 7.85 Å². The lowest BCUT2D eigenvalue weighted by atomic mass is 9.89. The average molecular weight is 392 g/mol. The van der Waals surface area contributed by atoms with E-state index in [1.165, 1.54) is 33.4 Å². The van der Waals surface area contributed by atoms with Gasteiger partial charge in [-0.3, -0.25) is 0 Å². The zero-order valence-electron chi connectivity index (χ0n) is 17.2. The van der Waals surface area contributed by atoms with E-state index in [1.807, 2.05) is 24.3 Å². The fourth-order valence-electron chi connectivity index (χ4n) is 3.96. The summed E-state index contributed by atoms with van der Waals surface area (Å²) >= 11 is 0. The van der Waals surface area contributed by atoms with Crippen molar-refractivity contribution < 1.29 is 0 Å². The van der Waals surface area contributed by atoms with Crippen molar-refractivity contribution in [1.29, 1.82) is 0 Å². The van der Waals surface area contributed by atoms with Crippen molar-refractivity contribution in [3.05, 3.63) is 127 Å². The minimum absolute atomic E-state index is 0.774. The van der Waals surface area contributed by atoms with Gasteiger partial charge in [0, 0.05) is 0 Å². The minimum atomic E-state index is 0.774. The molecule has 31 heavy (non-hydrogen) atoms. The lowest BCUT2D eigenvalue weighted by Gasteiger charge is -2.12. The first-order valence-corrected chi connectivity index (χ1v) is 10.5. The number of hydrogen-bond acceptors (Lipinski definition) is 0. The van der Waals surface area contributed by atoms with Gasteiger partial charge in [-0.1, -0.05) is 115 Å². The fourth-order valence-corrected chi connectivity index (χ4v) is 3.96. The molecule has 0 heterocycles. The molecule has 0 amide bonds. The van der Waals surface area contributed by atoms with Gasteiger partial charge in [0.15, 0.2) is 0 Å². The molecule has 0 atom stereocenters. The van der Waals surface area contributed by atoms with Gasteiger partial charge in [-0.25, -0.2) is 0 Å². The van der Waals surface area contributed by atoms with E-state index < -0.39 is 0 Å². The topological polar surface area (TPSA) is 0 Å². The van der Waals surface area contributed by atoms with Crippen LogP contribution in [-0.4, -0.2) is 7.85 Å². The van der Waals surface area contributed by atoms with E-state index in [0.717, 1.165) is 16.6 Å². The summed E-state index contributed by atoms with van der Waals surface area (Å²) in [5, 5.41) is 0. The van der Waals surface area contributed by atoms with Crippen LogP contribution in [0.1, 0.15) is 0 Å². The average Bonchev–Trinajstić information content (AvgIpc) is 2.85. The fraction of sp³-hybridized carbons (Fsp3) is 0. The highest BCUT2D eigenvalue weighted by atomic mass is 14.1. The van der Waals surface area contributed by atoms with Crippen LogP contribution in [0.3, 0.4) is 0 Å². The molecule has 0 unspecified atom stereocenters. The van der Waals surface area contributed by atoms with Gasteiger partial charge in [-0.05, 0) is 62.7 Å². The van der Waals surface area contributed by atoms with Crippen LogP contribution in [0, 0.1) is 0 Å². The quantitative estimate of drug-likeness (QED) is 0.285. The summed E-state index contributed by atoms with van der Waals surface area (Å²) in [6.45, 7) is 0. The highest BCUT2D eigenvalue weighted by Gasteiger charge is 2.08. The van der Waals surface area contributed by atoms with E-state index in [1.54, 1.807) is 0 Å². The van der Waals surface area contributed by atoms with Gasteiger partial charge in [0.2, 0.25) is 0 Å². The molecule has 0 N–H and O–H groups in total. The molecule has 0 aliphatic carbocycles. The molecule has 0 spiro atoms. The first kappa shape index (κ1) is 19.1. The Morgan fingerprint density at radius 2 is 0.677 bits per heavy atom. The third-order valence-corrected chi connectivity index (χ3v) is 5.59. The number of benzene rings is 5. The zero-order chi connectivity index (χ0) is 21.0. The van der Waals surface area contributed by atoms with Crippen molar-refractivity contribution >= 4 is 13.3 Å². The molecular weight excluding hydrogens is 371 g/mol. The van der Waals surface area contributed by atoms with Crippen molar-refractivity contribution in [2.24, 2.45) is 0 Å². The highest BCUT2D eigenvalue weighted by molar-refractivity contribution is 6.32. The predicted octanol–water partition coefficient (Wildman–Crippen LogP) is 7.15. The maximum Gasteiger partial charge on any atom is 0.113 e. The van der Waals surface area contributed by atoms with Crippen molar-refractivity contribution in [3.63, 3.8) is 0 Å². The maximum atomic E-state index is 6.07. The molecule has 0 fully saturated rings. The third kappa shape index (κ3) is 4.22. The van der Waals surface area contributed by atoms with Gasteiger partial charge in [-0.15, -0.1) is 0 Å². The smallest absolute Gasteiger partial charge is 0.0961 e. The van der Waals surface area contributed by atoms with Crippen molar-refractivity contribution in [3.8, 4) is 44.5 Å². The first-order valence-electron chi connectivity index (χ1n) is 10.5. The Morgan fingerprint density at radius 3 is 1.19 bits per heavy atom. The molecule has 1 heteroatoms. The molecule has 0 nitrogen and oxygen atoms in total. The minimum Gasteiger partial charge on any atom is -0.0961 e. The second-order valence-corrected chi connectivity index (χ2v) is 7.73. The molecule has 5 aromatic rings. The van der Waals surface area contributed by atoms with E-state index in [-0.39, 0.29) is 0 Å². The Bertz CT molecular complexity index is 1300. The third-order valence-electron chi connectivity index (χ3n) is 5.59. The second kappa shape index (κ2) is 8.49. The summed E-state index contributed by atoms with van der Waals surface area (Å²) in [5.41, 5.74) is 10.3. The molecule has 0 aliphatic heterocycles. The summed E-state index contributed by atoms with van der Waals surface area (Å²) in [5.74, 6) is 0. The predicted molar refractivity (Wildman–Crippen MR) is 134 cm³/mol. The van der Waals surface area contributed by atoms with Crippen LogP contribution < -0.4 is 5.46 Å². The summed E-state index contributed by atoms with van der Waals surface area (Å²) in [6.07, 6.45) is 0. The van der Waals surface area contributed by atoms with Gasteiger partial charge in [0.25, 0.3) is 0 Å². The first-order chi connectivity index (χ1) is 15.3. The molecule has 2 radical (unpaired) electrons. The SMILES string of the molecule is [B]c1cccc(-c2cc(-c3ccccc3)cc(-c3ccc(-c4ccccc4)cc3)c2)c1. The molecular formula is C30H21B. The van der Waals surface area contributed by atoms with Crippen LogP contribution in [0.25, 0.3) is 44.5 Å². The molecule has 0 bridgehead atoms. The Balaban J connectivity index is 1.61. The Morgan fingerprint density at radius 1 is 0.290 bits per heavy atom.